The van der Waals surface area contributed by atoms with Crippen LogP contribution >= 0.6 is 0 Å². The van der Waals surface area contributed by atoms with Crippen molar-refractivity contribution in [1.29, 1.82) is 0 Å². The fourth-order valence-electron chi connectivity index (χ4n) is 2.92. The Bertz CT molecular complexity index is 909. The number of nitrogens with one attached hydrogen (secondary N) is 1. The third-order valence-corrected chi connectivity index (χ3v) is 5.64. The number of benzene rings is 1. The summed E-state index contributed by atoms with van der Waals surface area (Å²) in [7, 11) is -3.13. The molecule has 0 bridgehead atoms. The maximum Gasteiger partial charge on any atom is 0.411 e. The van der Waals surface area contributed by atoms with Gasteiger partial charge >= 0.3 is 12.1 Å². The number of ether oxygens (including phenoxy) is 2. The van der Waals surface area contributed by atoms with Crippen LogP contribution in [0.5, 0.6) is 0 Å². The highest BCUT2D eigenvalue weighted by Gasteiger charge is 2.44. The zero-order valence-electron chi connectivity index (χ0n) is 16.4. The van der Waals surface area contributed by atoms with Crippen LogP contribution in [0.2, 0.25) is 0 Å². The van der Waals surface area contributed by atoms with E-state index in [2.05, 4.69) is 4.72 Å². The van der Waals surface area contributed by atoms with Crippen LogP contribution in [0.3, 0.4) is 0 Å². The third kappa shape index (κ3) is 5.41. The molecule has 29 heavy (non-hydrogen) atoms. The molecule has 1 aromatic rings. The van der Waals surface area contributed by atoms with Crippen molar-refractivity contribution >= 4 is 27.8 Å². The number of hydrogen-bond donors (Lipinski definition) is 1. The normalized spacial score (nSPS) is 19.7. The molecule has 1 heterocycles. The Morgan fingerprint density at radius 3 is 2.45 bits per heavy atom. The number of esters is 1. The van der Waals surface area contributed by atoms with Crippen molar-refractivity contribution < 1.29 is 32.4 Å². The first-order valence-electron chi connectivity index (χ1n) is 8.69. The van der Waals surface area contributed by atoms with E-state index in [0.717, 1.165) is 24.1 Å². The quantitative estimate of drug-likeness (QED) is 0.420. The molecular formula is C17H23N3O8S. The van der Waals surface area contributed by atoms with Crippen LogP contribution < -0.4 is 4.72 Å². The molecule has 1 aromatic carbocycles. The Labute approximate surface area is 168 Å². The van der Waals surface area contributed by atoms with Gasteiger partial charge in [-0.1, -0.05) is 12.1 Å². The highest BCUT2D eigenvalue weighted by Crippen LogP contribution is 2.26. The van der Waals surface area contributed by atoms with E-state index in [-0.39, 0.29) is 13.0 Å². The molecule has 1 saturated heterocycles. The number of nitro groups is 1. The predicted octanol–water partition coefficient (Wildman–Crippen LogP) is 1.42. The van der Waals surface area contributed by atoms with Gasteiger partial charge in [-0.15, -0.1) is 0 Å². The molecule has 1 aliphatic heterocycles. The molecule has 0 aromatic heterocycles. The topological polar surface area (TPSA) is 145 Å². The van der Waals surface area contributed by atoms with Gasteiger partial charge < -0.3 is 9.47 Å². The van der Waals surface area contributed by atoms with E-state index in [1.54, 1.807) is 20.8 Å². The maximum absolute atomic E-state index is 12.7. The molecule has 1 N–H and O–H groups in total. The molecule has 12 heteroatoms. The molecule has 0 spiro atoms. The summed E-state index contributed by atoms with van der Waals surface area (Å²) in [4.78, 5) is 35.5. The van der Waals surface area contributed by atoms with Gasteiger partial charge in [-0.2, -0.15) is 0 Å². The summed E-state index contributed by atoms with van der Waals surface area (Å²) in [5.41, 5.74) is -1.40. The Morgan fingerprint density at radius 2 is 1.90 bits per heavy atom. The molecule has 0 saturated carbocycles. The van der Waals surface area contributed by atoms with Crippen LogP contribution in [-0.2, 0) is 24.3 Å². The summed E-state index contributed by atoms with van der Waals surface area (Å²) in [6.07, 6.45) is -0.855. The number of carbonyl (C=O) groups excluding carboxylic acids is 2. The molecule has 0 aliphatic carbocycles. The van der Waals surface area contributed by atoms with Crippen LogP contribution in [0.4, 0.5) is 10.5 Å². The number of sulfonamides is 1. The van der Waals surface area contributed by atoms with Crippen molar-refractivity contribution in [2.75, 3.05) is 13.7 Å². The van der Waals surface area contributed by atoms with Gasteiger partial charge in [0.25, 0.3) is 5.69 Å². The molecule has 2 rings (SSSR count). The molecule has 0 unspecified atom stereocenters. The summed E-state index contributed by atoms with van der Waals surface area (Å²) in [5, 5.41) is 11.1. The second kappa shape index (κ2) is 8.33. The van der Waals surface area contributed by atoms with Crippen molar-refractivity contribution in [1.82, 2.24) is 9.62 Å². The second-order valence-corrected chi connectivity index (χ2v) is 9.13. The molecule has 1 aliphatic rings. The van der Waals surface area contributed by atoms with Crippen LogP contribution in [0.25, 0.3) is 0 Å². The largest absolute Gasteiger partial charge is 0.467 e. The van der Waals surface area contributed by atoms with E-state index in [0.29, 0.717) is 0 Å². The highest BCUT2D eigenvalue weighted by atomic mass is 32.2. The summed E-state index contributed by atoms with van der Waals surface area (Å²) in [6, 6.07) is 2.99. The van der Waals surface area contributed by atoms with Crippen LogP contribution in [0.1, 0.15) is 27.2 Å². The maximum atomic E-state index is 12.7. The van der Waals surface area contributed by atoms with Gasteiger partial charge in [0, 0.05) is 18.7 Å². The first-order chi connectivity index (χ1) is 13.4. The molecule has 2 atom stereocenters. The van der Waals surface area contributed by atoms with E-state index < -0.39 is 55.3 Å². The van der Waals surface area contributed by atoms with Gasteiger partial charge in [0.2, 0.25) is 10.0 Å². The average Bonchev–Trinajstić information content (AvgIpc) is 3.03. The number of methoxy groups -OCH3 is 1. The molecule has 1 amide bonds. The molecular weight excluding hydrogens is 406 g/mol. The van der Waals surface area contributed by atoms with Crippen molar-refractivity contribution in [2.45, 2.75) is 49.8 Å². The van der Waals surface area contributed by atoms with E-state index in [4.69, 9.17) is 9.47 Å². The van der Waals surface area contributed by atoms with Crippen molar-refractivity contribution in [3.63, 3.8) is 0 Å². The summed E-state index contributed by atoms with van der Waals surface area (Å²) >= 11 is 0. The number of carbonyl (C=O) groups is 2. The molecule has 160 valence electrons. The number of nitrogens with zero attached hydrogens (tertiary/aromatic N) is 2. The molecule has 1 fully saturated rings. The van der Waals surface area contributed by atoms with Crippen molar-refractivity contribution in [2.24, 2.45) is 0 Å². The monoisotopic (exact) mass is 429 g/mol. The lowest BCUT2D eigenvalue weighted by Gasteiger charge is -2.27. The number of nitro benzene ring substituents is 1. The second-order valence-electron chi connectivity index (χ2n) is 7.45. The fourth-order valence-corrected chi connectivity index (χ4v) is 4.33. The summed E-state index contributed by atoms with van der Waals surface area (Å²) in [5.74, 6) is -0.719. The number of rotatable bonds is 5. The number of amides is 1. The standard InChI is InChI=1S/C17H23N3O8S/c1-17(2,3)28-16(22)19-10-11(9-13(19)15(21)27-4)18-29(25,26)14-8-6-5-7-12(14)20(23)24/h5-8,11,13,18H,9-10H2,1-4H3/t11-,13+/m1/s1. The average molecular weight is 429 g/mol. The van der Waals surface area contributed by atoms with Crippen LogP contribution in [-0.4, -0.2) is 61.6 Å². The third-order valence-electron chi connectivity index (χ3n) is 4.08. The number of hydrogen-bond acceptors (Lipinski definition) is 8. The van der Waals surface area contributed by atoms with Crippen LogP contribution in [0.15, 0.2) is 29.2 Å². The van der Waals surface area contributed by atoms with Crippen LogP contribution in [0, 0.1) is 10.1 Å². The highest BCUT2D eigenvalue weighted by molar-refractivity contribution is 7.89. The van der Waals surface area contributed by atoms with Crippen molar-refractivity contribution in [3.05, 3.63) is 34.4 Å². The van der Waals surface area contributed by atoms with Gasteiger partial charge in [-0.05, 0) is 33.3 Å². The van der Waals surface area contributed by atoms with E-state index in [9.17, 15) is 28.1 Å². The smallest absolute Gasteiger partial charge is 0.411 e. The Balaban J connectivity index is 2.26. The van der Waals surface area contributed by atoms with E-state index >= 15 is 0 Å². The SMILES string of the molecule is COC(=O)[C@@H]1C[C@@H](NS(=O)(=O)c2ccccc2[N+](=O)[O-])CN1C(=O)OC(C)(C)C. The van der Waals surface area contributed by atoms with Crippen molar-refractivity contribution in [3.8, 4) is 0 Å². The Morgan fingerprint density at radius 1 is 1.28 bits per heavy atom. The summed E-state index contributed by atoms with van der Waals surface area (Å²) < 4.78 is 37.7. The number of para-hydroxylation sites is 1. The van der Waals surface area contributed by atoms with Gasteiger partial charge in [0.05, 0.1) is 12.0 Å². The molecule has 11 nitrogen and oxygen atoms in total. The first kappa shape index (κ1) is 22.6. The minimum Gasteiger partial charge on any atom is -0.467 e. The zero-order chi connectivity index (χ0) is 22.0. The number of likely N-dealkylation sites (tertiary alicyclic amines) is 1. The minimum absolute atomic E-state index is 0.0637. The van der Waals surface area contributed by atoms with Gasteiger partial charge in [-0.3, -0.25) is 15.0 Å². The Kier molecular flexibility index (Phi) is 6.48. The van der Waals surface area contributed by atoms with Gasteiger partial charge in [0.1, 0.15) is 11.6 Å². The fraction of sp³-hybridized carbons (Fsp3) is 0.529. The lowest BCUT2D eigenvalue weighted by Crippen LogP contribution is -2.44. The lowest BCUT2D eigenvalue weighted by atomic mass is 10.2. The van der Waals surface area contributed by atoms with E-state index in [1.165, 1.54) is 12.1 Å². The minimum atomic E-state index is -4.28. The Hall–Kier alpha value is -2.73. The molecule has 0 radical (unpaired) electrons. The summed E-state index contributed by atoms with van der Waals surface area (Å²) in [6.45, 7) is 4.81. The van der Waals surface area contributed by atoms with Gasteiger partial charge in [0.15, 0.2) is 4.90 Å². The van der Waals surface area contributed by atoms with Gasteiger partial charge in [-0.25, -0.2) is 22.7 Å². The lowest BCUT2D eigenvalue weighted by molar-refractivity contribution is -0.387. The predicted molar refractivity (Wildman–Crippen MR) is 101 cm³/mol. The first-order valence-corrected chi connectivity index (χ1v) is 10.2. The zero-order valence-corrected chi connectivity index (χ0v) is 17.3. The van der Waals surface area contributed by atoms with E-state index in [1.807, 2.05) is 0 Å².